The molecular weight excluding hydrogens is 322 g/mol. The van der Waals surface area contributed by atoms with Crippen molar-refractivity contribution in [3.8, 4) is 11.5 Å². The average Bonchev–Trinajstić information content (AvgIpc) is 2.39. The minimum atomic E-state index is -0.197. The molecule has 1 unspecified atom stereocenters. The molecule has 4 nitrogen and oxygen atoms in total. The van der Waals surface area contributed by atoms with Crippen molar-refractivity contribution in [2.24, 2.45) is 0 Å². The van der Waals surface area contributed by atoms with E-state index in [0.29, 0.717) is 6.61 Å². The van der Waals surface area contributed by atoms with Crippen LogP contribution in [0.2, 0.25) is 0 Å². The summed E-state index contributed by atoms with van der Waals surface area (Å²) in [6.45, 7) is 5.16. The molecule has 1 aromatic rings. The summed E-state index contributed by atoms with van der Waals surface area (Å²) in [6.07, 6.45) is 1.76. The highest BCUT2D eigenvalue weighted by molar-refractivity contribution is 9.10. The standard InChI is InChI=1S/C15H22BrNO3/c1-3-20-14-8-11(7-13(16)15(14)19-2)9-17-6-4-5-12(18)10-17/h7-8,12,18H,3-6,9-10H2,1-2H3. The Morgan fingerprint density at radius 1 is 1.45 bits per heavy atom. The highest BCUT2D eigenvalue weighted by Gasteiger charge is 2.19. The third kappa shape index (κ3) is 3.87. The number of aliphatic hydroxyl groups excluding tert-OH is 1. The van der Waals surface area contributed by atoms with Crippen molar-refractivity contribution in [3.05, 3.63) is 22.2 Å². The summed E-state index contributed by atoms with van der Waals surface area (Å²) in [5.74, 6) is 1.49. The number of benzene rings is 1. The van der Waals surface area contributed by atoms with Gasteiger partial charge in [0, 0.05) is 13.1 Å². The van der Waals surface area contributed by atoms with E-state index >= 15 is 0 Å². The summed E-state index contributed by atoms with van der Waals surface area (Å²) in [7, 11) is 1.64. The molecule has 5 heteroatoms. The summed E-state index contributed by atoms with van der Waals surface area (Å²) >= 11 is 3.53. The van der Waals surface area contributed by atoms with Crippen molar-refractivity contribution in [1.29, 1.82) is 0 Å². The molecule has 20 heavy (non-hydrogen) atoms. The minimum Gasteiger partial charge on any atom is -0.492 e. The first-order valence-electron chi connectivity index (χ1n) is 7.03. The fourth-order valence-electron chi connectivity index (χ4n) is 2.61. The molecule has 1 fully saturated rings. The van der Waals surface area contributed by atoms with Crippen LogP contribution in [-0.4, -0.2) is 42.9 Å². The predicted octanol–water partition coefficient (Wildman–Crippen LogP) is 2.81. The fraction of sp³-hybridized carbons (Fsp3) is 0.600. The Kier molecular flexibility index (Phi) is 5.69. The summed E-state index contributed by atoms with van der Waals surface area (Å²) < 4.78 is 11.9. The molecule has 0 bridgehead atoms. The number of piperidine rings is 1. The number of methoxy groups -OCH3 is 1. The van der Waals surface area contributed by atoms with E-state index in [1.807, 2.05) is 13.0 Å². The molecule has 0 aliphatic carbocycles. The Morgan fingerprint density at radius 2 is 2.25 bits per heavy atom. The van der Waals surface area contributed by atoms with Crippen LogP contribution >= 0.6 is 15.9 Å². The molecule has 0 amide bonds. The number of ether oxygens (including phenoxy) is 2. The Hall–Kier alpha value is -0.780. The van der Waals surface area contributed by atoms with E-state index in [4.69, 9.17) is 9.47 Å². The second-order valence-corrected chi connectivity index (χ2v) is 5.93. The number of β-amino-alcohol motifs (C(OH)–C–C–N with tert-alkyl or cyclic N) is 1. The third-order valence-electron chi connectivity index (χ3n) is 3.46. The van der Waals surface area contributed by atoms with E-state index in [9.17, 15) is 5.11 Å². The van der Waals surface area contributed by atoms with Gasteiger partial charge in [0.05, 0.1) is 24.3 Å². The number of aliphatic hydroxyl groups is 1. The second-order valence-electron chi connectivity index (χ2n) is 5.07. The zero-order valence-corrected chi connectivity index (χ0v) is 13.6. The zero-order valence-electron chi connectivity index (χ0n) is 12.1. The lowest BCUT2D eigenvalue weighted by atomic mass is 10.1. The van der Waals surface area contributed by atoms with E-state index in [2.05, 4.69) is 26.9 Å². The lowest BCUT2D eigenvalue weighted by Gasteiger charge is -2.30. The molecular formula is C15H22BrNO3. The molecule has 1 N–H and O–H groups in total. The Labute approximate surface area is 128 Å². The molecule has 0 saturated carbocycles. The summed E-state index contributed by atoms with van der Waals surface area (Å²) in [5.41, 5.74) is 1.16. The molecule has 1 aliphatic heterocycles. The first kappa shape index (κ1) is 15.6. The third-order valence-corrected chi connectivity index (χ3v) is 4.05. The zero-order chi connectivity index (χ0) is 14.5. The van der Waals surface area contributed by atoms with Gasteiger partial charge in [0.15, 0.2) is 11.5 Å². The SMILES string of the molecule is CCOc1cc(CN2CCCC(O)C2)cc(Br)c1OC. The van der Waals surface area contributed by atoms with Crippen molar-refractivity contribution in [2.45, 2.75) is 32.4 Å². The summed E-state index contributed by atoms with van der Waals surface area (Å²) in [4.78, 5) is 2.28. The highest BCUT2D eigenvalue weighted by atomic mass is 79.9. The van der Waals surface area contributed by atoms with Gasteiger partial charge in [0.2, 0.25) is 0 Å². The van der Waals surface area contributed by atoms with Gasteiger partial charge >= 0.3 is 0 Å². The number of hydrogen-bond donors (Lipinski definition) is 1. The van der Waals surface area contributed by atoms with E-state index in [1.165, 1.54) is 0 Å². The van der Waals surface area contributed by atoms with Crippen molar-refractivity contribution in [1.82, 2.24) is 4.90 Å². The van der Waals surface area contributed by atoms with Crippen LogP contribution in [0.3, 0.4) is 0 Å². The predicted molar refractivity (Wildman–Crippen MR) is 82.4 cm³/mol. The first-order chi connectivity index (χ1) is 9.63. The number of rotatable bonds is 5. The van der Waals surface area contributed by atoms with Gasteiger partial charge in [-0.15, -0.1) is 0 Å². The maximum absolute atomic E-state index is 9.74. The van der Waals surface area contributed by atoms with Gasteiger partial charge in [-0.3, -0.25) is 4.90 Å². The Balaban J connectivity index is 2.15. The van der Waals surface area contributed by atoms with Crippen molar-refractivity contribution in [2.75, 3.05) is 26.8 Å². The van der Waals surface area contributed by atoms with Gasteiger partial charge in [-0.25, -0.2) is 0 Å². The fourth-order valence-corrected chi connectivity index (χ4v) is 3.26. The van der Waals surface area contributed by atoms with Crippen LogP contribution in [0.1, 0.15) is 25.3 Å². The van der Waals surface area contributed by atoms with Crippen LogP contribution < -0.4 is 9.47 Å². The average molecular weight is 344 g/mol. The number of nitrogens with zero attached hydrogens (tertiary/aromatic N) is 1. The Morgan fingerprint density at radius 3 is 2.90 bits per heavy atom. The quantitative estimate of drug-likeness (QED) is 0.892. The topological polar surface area (TPSA) is 41.9 Å². The normalized spacial score (nSPS) is 19.9. The summed E-state index contributed by atoms with van der Waals surface area (Å²) in [5, 5.41) is 9.74. The van der Waals surface area contributed by atoms with Gasteiger partial charge in [0.25, 0.3) is 0 Å². The second kappa shape index (κ2) is 7.29. The molecule has 0 aromatic heterocycles. The number of likely N-dealkylation sites (tertiary alicyclic amines) is 1. The molecule has 112 valence electrons. The van der Waals surface area contributed by atoms with Crippen molar-refractivity contribution in [3.63, 3.8) is 0 Å². The van der Waals surface area contributed by atoms with Crippen LogP contribution in [0.25, 0.3) is 0 Å². The summed E-state index contributed by atoms with van der Waals surface area (Å²) in [6, 6.07) is 4.08. The van der Waals surface area contributed by atoms with E-state index in [0.717, 1.165) is 54.0 Å². The monoisotopic (exact) mass is 343 g/mol. The highest BCUT2D eigenvalue weighted by Crippen LogP contribution is 2.37. The molecule has 2 rings (SSSR count). The molecule has 0 radical (unpaired) electrons. The largest absolute Gasteiger partial charge is 0.492 e. The van der Waals surface area contributed by atoms with E-state index in [1.54, 1.807) is 7.11 Å². The first-order valence-corrected chi connectivity index (χ1v) is 7.83. The molecule has 1 atom stereocenters. The van der Waals surface area contributed by atoms with Crippen molar-refractivity contribution >= 4 is 15.9 Å². The number of halogens is 1. The Bertz CT molecular complexity index is 453. The van der Waals surface area contributed by atoms with Gasteiger partial charge in [0.1, 0.15) is 0 Å². The van der Waals surface area contributed by atoms with Gasteiger partial charge in [-0.1, -0.05) is 0 Å². The van der Waals surface area contributed by atoms with Crippen LogP contribution in [0.5, 0.6) is 11.5 Å². The van der Waals surface area contributed by atoms with Gasteiger partial charge < -0.3 is 14.6 Å². The van der Waals surface area contributed by atoms with E-state index < -0.39 is 0 Å². The maximum Gasteiger partial charge on any atom is 0.174 e. The van der Waals surface area contributed by atoms with Crippen LogP contribution in [0, 0.1) is 0 Å². The molecule has 1 aliphatic rings. The van der Waals surface area contributed by atoms with Gasteiger partial charge in [-0.05, 0) is 59.9 Å². The smallest absolute Gasteiger partial charge is 0.174 e. The lowest BCUT2D eigenvalue weighted by Crippen LogP contribution is -2.37. The molecule has 0 spiro atoms. The minimum absolute atomic E-state index is 0.197. The van der Waals surface area contributed by atoms with Crippen molar-refractivity contribution < 1.29 is 14.6 Å². The van der Waals surface area contributed by atoms with Gasteiger partial charge in [-0.2, -0.15) is 0 Å². The maximum atomic E-state index is 9.74. The van der Waals surface area contributed by atoms with E-state index in [-0.39, 0.29) is 6.10 Å². The molecule has 1 heterocycles. The van der Waals surface area contributed by atoms with Crippen LogP contribution in [0.4, 0.5) is 0 Å². The molecule has 1 aromatic carbocycles. The molecule has 1 saturated heterocycles. The van der Waals surface area contributed by atoms with Crippen LogP contribution in [-0.2, 0) is 6.54 Å². The van der Waals surface area contributed by atoms with Crippen LogP contribution in [0.15, 0.2) is 16.6 Å². The number of hydrogen-bond acceptors (Lipinski definition) is 4. The lowest BCUT2D eigenvalue weighted by molar-refractivity contribution is 0.0668.